The van der Waals surface area contributed by atoms with Crippen molar-refractivity contribution < 1.29 is 9.72 Å². The zero-order chi connectivity index (χ0) is 12.1. The lowest BCUT2D eigenvalue weighted by Gasteiger charge is -2.10. The highest BCUT2D eigenvalue weighted by Crippen LogP contribution is 2.22. The number of hydrogen-bond acceptors (Lipinski definition) is 5. The van der Waals surface area contributed by atoms with Gasteiger partial charge in [-0.2, -0.15) is 0 Å². The van der Waals surface area contributed by atoms with Gasteiger partial charge in [0.1, 0.15) is 0 Å². The van der Waals surface area contributed by atoms with Crippen molar-refractivity contribution in [1.82, 2.24) is 5.32 Å². The maximum absolute atomic E-state index is 10.6. The summed E-state index contributed by atoms with van der Waals surface area (Å²) in [4.78, 5) is 20.6. The Kier molecular flexibility index (Phi) is 4.39. The summed E-state index contributed by atoms with van der Waals surface area (Å²) in [7, 11) is 0. The Labute approximate surface area is 96.6 Å². The van der Waals surface area contributed by atoms with Crippen LogP contribution in [0, 0.1) is 10.1 Å². The fraction of sp³-hybridized carbons (Fsp3) is 0.444. The minimum absolute atomic E-state index is 0.0311. The van der Waals surface area contributed by atoms with Crippen LogP contribution in [0.15, 0.2) is 11.4 Å². The number of carbonyl (C=O) groups is 1. The number of thiophene rings is 1. The van der Waals surface area contributed by atoms with Gasteiger partial charge in [-0.1, -0.05) is 11.3 Å². The Bertz CT molecular complexity index is 391. The Morgan fingerprint density at radius 2 is 2.44 bits per heavy atom. The van der Waals surface area contributed by atoms with Crippen molar-refractivity contribution in [3.8, 4) is 0 Å². The smallest absolute Gasteiger partial charge is 0.324 e. The van der Waals surface area contributed by atoms with E-state index in [2.05, 4.69) is 5.32 Å². The van der Waals surface area contributed by atoms with Crippen molar-refractivity contribution in [2.24, 2.45) is 5.73 Å². The first-order valence-corrected chi connectivity index (χ1v) is 5.60. The Morgan fingerprint density at radius 3 is 2.94 bits per heavy atom. The Balaban J connectivity index is 2.42. The molecular weight excluding hydrogens is 230 g/mol. The van der Waals surface area contributed by atoms with Crippen LogP contribution in [0.25, 0.3) is 0 Å². The van der Waals surface area contributed by atoms with Crippen LogP contribution in [-0.4, -0.2) is 16.9 Å². The molecule has 1 heterocycles. The number of primary amides is 1. The van der Waals surface area contributed by atoms with Crippen molar-refractivity contribution in [1.29, 1.82) is 0 Å². The SMILES string of the molecule is CC(CC(N)=O)NCc1csc([N+](=O)[O-])c1. The average Bonchev–Trinajstić information content (AvgIpc) is 2.61. The summed E-state index contributed by atoms with van der Waals surface area (Å²) in [5.74, 6) is -0.365. The van der Waals surface area contributed by atoms with Gasteiger partial charge in [-0.3, -0.25) is 14.9 Å². The molecule has 1 rings (SSSR count). The summed E-state index contributed by atoms with van der Waals surface area (Å²) < 4.78 is 0. The molecule has 0 aliphatic heterocycles. The molecule has 88 valence electrons. The van der Waals surface area contributed by atoms with Gasteiger partial charge < -0.3 is 11.1 Å². The number of nitrogens with one attached hydrogen (secondary N) is 1. The number of carbonyl (C=O) groups excluding carboxylic acids is 1. The summed E-state index contributed by atoms with van der Waals surface area (Å²) in [6.45, 7) is 2.34. The van der Waals surface area contributed by atoms with Gasteiger partial charge in [0.05, 0.1) is 4.92 Å². The first-order valence-electron chi connectivity index (χ1n) is 4.72. The molecule has 16 heavy (non-hydrogen) atoms. The number of hydrogen-bond donors (Lipinski definition) is 2. The summed E-state index contributed by atoms with van der Waals surface area (Å²) in [6.07, 6.45) is 0.256. The number of nitrogens with zero attached hydrogens (tertiary/aromatic N) is 1. The molecule has 0 saturated heterocycles. The molecule has 0 bridgehead atoms. The summed E-state index contributed by atoms with van der Waals surface area (Å²) in [6, 6.07) is 1.49. The monoisotopic (exact) mass is 243 g/mol. The predicted molar refractivity (Wildman–Crippen MR) is 61.1 cm³/mol. The number of amides is 1. The van der Waals surface area contributed by atoms with E-state index >= 15 is 0 Å². The zero-order valence-electron chi connectivity index (χ0n) is 8.80. The van der Waals surface area contributed by atoms with Crippen LogP contribution in [0.1, 0.15) is 18.9 Å². The molecule has 0 aliphatic rings. The molecule has 1 amide bonds. The van der Waals surface area contributed by atoms with Gasteiger partial charge in [0, 0.05) is 30.5 Å². The van der Waals surface area contributed by atoms with E-state index < -0.39 is 4.92 Å². The molecule has 1 unspecified atom stereocenters. The molecule has 0 saturated carbocycles. The molecule has 6 nitrogen and oxygen atoms in total. The maximum atomic E-state index is 10.6. The fourth-order valence-corrected chi connectivity index (χ4v) is 1.95. The summed E-state index contributed by atoms with van der Waals surface area (Å²) in [5.41, 5.74) is 5.88. The van der Waals surface area contributed by atoms with E-state index in [1.165, 1.54) is 6.07 Å². The highest BCUT2D eigenvalue weighted by molar-refractivity contribution is 7.13. The van der Waals surface area contributed by atoms with Crippen LogP contribution in [-0.2, 0) is 11.3 Å². The second-order valence-electron chi connectivity index (χ2n) is 3.50. The van der Waals surface area contributed by atoms with E-state index in [1.807, 2.05) is 6.92 Å². The van der Waals surface area contributed by atoms with E-state index in [4.69, 9.17) is 5.73 Å². The van der Waals surface area contributed by atoms with E-state index in [1.54, 1.807) is 5.38 Å². The maximum Gasteiger partial charge on any atom is 0.324 e. The fourth-order valence-electron chi connectivity index (χ4n) is 1.22. The van der Waals surface area contributed by atoms with Crippen LogP contribution in [0.4, 0.5) is 5.00 Å². The van der Waals surface area contributed by atoms with Crippen LogP contribution in [0.3, 0.4) is 0 Å². The van der Waals surface area contributed by atoms with Crippen molar-refractivity contribution in [2.45, 2.75) is 25.9 Å². The highest BCUT2D eigenvalue weighted by Gasteiger charge is 2.10. The molecule has 3 N–H and O–H groups in total. The minimum Gasteiger partial charge on any atom is -0.370 e. The molecule has 0 aromatic carbocycles. The molecule has 0 aliphatic carbocycles. The summed E-state index contributed by atoms with van der Waals surface area (Å²) in [5, 5.41) is 15.3. The second kappa shape index (κ2) is 5.57. The van der Waals surface area contributed by atoms with Gasteiger partial charge in [-0.15, -0.1) is 0 Å². The molecule has 1 atom stereocenters. The van der Waals surface area contributed by atoms with Gasteiger partial charge in [0.25, 0.3) is 0 Å². The molecule has 1 aromatic rings. The number of nitrogens with two attached hydrogens (primary N) is 1. The van der Waals surface area contributed by atoms with Gasteiger partial charge in [-0.25, -0.2) is 0 Å². The van der Waals surface area contributed by atoms with Crippen molar-refractivity contribution in [3.63, 3.8) is 0 Å². The number of rotatable bonds is 6. The lowest BCUT2D eigenvalue weighted by atomic mass is 10.2. The Hall–Kier alpha value is -1.47. The van der Waals surface area contributed by atoms with E-state index in [0.717, 1.165) is 16.9 Å². The molecular formula is C9H13N3O3S. The molecule has 0 spiro atoms. The standard InChI is InChI=1S/C9H13N3O3S/c1-6(2-8(10)13)11-4-7-3-9(12(14)15)16-5-7/h3,5-6,11H,2,4H2,1H3,(H2,10,13). The van der Waals surface area contributed by atoms with Crippen LogP contribution in [0.5, 0.6) is 0 Å². The predicted octanol–water partition coefficient (Wildman–Crippen LogP) is 1.01. The lowest BCUT2D eigenvalue weighted by Crippen LogP contribution is -2.30. The van der Waals surface area contributed by atoms with Crippen molar-refractivity contribution >= 4 is 22.2 Å². The molecule has 0 fully saturated rings. The quantitative estimate of drug-likeness (QED) is 0.575. The van der Waals surface area contributed by atoms with Crippen LogP contribution in [0.2, 0.25) is 0 Å². The largest absolute Gasteiger partial charge is 0.370 e. The van der Waals surface area contributed by atoms with Gasteiger partial charge in [0.2, 0.25) is 5.91 Å². The zero-order valence-corrected chi connectivity index (χ0v) is 9.62. The van der Waals surface area contributed by atoms with Gasteiger partial charge >= 0.3 is 5.00 Å². The van der Waals surface area contributed by atoms with E-state index in [0.29, 0.717) is 6.54 Å². The highest BCUT2D eigenvalue weighted by atomic mass is 32.1. The van der Waals surface area contributed by atoms with Crippen molar-refractivity contribution in [2.75, 3.05) is 0 Å². The second-order valence-corrected chi connectivity index (χ2v) is 4.39. The third-order valence-corrected chi connectivity index (χ3v) is 2.91. The third kappa shape index (κ3) is 3.95. The van der Waals surface area contributed by atoms with Gasteiger partial charge in [-0.05, 0) is 12.5 Å². The summed E-state index contributed by atoms with van der Waals surface area (Å²) >= 11 is 1.09. The average molecular weight is 243 g/mol. The van der Waals surface area contributed by atoms with Crippen LogP contribution >= 0.6 is 11.3 Å². The van der Waals surface area contributed by atoms with Gasteiger partial charge in [0.15, 0.2) is 0 Å². The topological polar surface area (TPSA) is 98.3 Å². The van der Waals surface area contributed by atoms with E-state index in [9.17, 15) is 14.9 Å². The van der Waals surface area contributed by atoms with Crippen LogP contribution < -0.4 is 11.1 Å². The van der Waals surface area contributed by atoms with E-state index in [-0.39, 0.29) is 23.4 Å². The minimum atomic E-state index is -0.416. The van der Waals surface area contributed by atoms with Crippen molar-refractivity contribution in [3.05, 3.63) is 27.1 Å². The lowest BCUT2D eigenvalue weighted by molar-refractivity contribution is -0.380. The molecule has 7 heteroatoms. The first-order chi connectivity index (χ1) is 7.49. The molecule has 1 aromatic heterocycles. The Morgan fingerprint density at radius 1 is 1.75 bits per heavy atom. The first kappa shape index (κ1) is 12.6. The normalized spacial score (nSPS) is 12.3. The molecule has 0 radical (unpaired) electrons. The number of nitro groups is 1. The third-order valence-electron chi connectivity index (χ3n) is 1.98.